The number of halogens is 2. The van der Waals surface area contributed by atoms with Gasteiger partial charge in [0.1, 0.15) is 5.56 Å². The average molecular weight is 430 g/mol. The quantitative estimate of drug-likeness (QED) is 0.471. The monoisotopic (exact) mass is 429 g/mol. The lowest BCUT2D eigenvalue weighted by Gasteiger charge is -2.04. The summed E-state index contributed by atoms with van der Waals surface area (Å²) in [6, 6.07) is 12.3. The number of hydrogen-bond donors (Lipinski definition) is 2. The molecule has 2 aromatic carbocycles. The Kier molecular flexibility index (Phi) is 5.17. The highest BCUT2D eigenvalue weighted by Gasteiger charge is 2.15. The molecule has 0 saturated heterocycles. The van der Waals surface area contributed by atoms with Crippen LogP contribution in [0.2, 0.25) is 10.0 Å². The van der Waals surface area contributed by atoms with E-state index in [2.05, 4.69) is 15.3 Å². The van der Waals surface area contributed by atoms with Crippen molar-refractivity contribution in [2.45, 2.75) is 6.42 Å². The van der Waals surface area contributed by atoms with Crippen molar-refractivity contribution >= 4 is 56.5 Å². The lowest BCUT2D eigenvalue weighted by atomic mass is 10.1. The summed E-state index contributed by atoms with van der Waals surface area (Å²) in [4.78, 5) is 33.2. The van der Waals surface area contributed by atoms with Crippen LogP contribution in [-0.4, -0.2) is 15.9 Å². The van der Waals surface area contributed by atoms with E-state index in [1.54, 1.807) is 42.6 Å². The molecule has 5 nitrogen and oxygen atoms in total. The molecule has 0 unspecified atom stereocenters. The number of para-hydroxylation sites is 1. The Morgan fingerprint density at radius 3 is 2.86 bits per heavy atom. The first-order valence-corrected chi connectivity index (χ1v) is 9.89. The van der Waals surface area contributed by atoms with Gasteiger partial charge in [-0.1, -0.05) is 35.3 Å². The van der Waals surface area contributed by atoms with Crippen LogP contribution in [0.4, 0.5) is 5.13 Å². The number of rotatable bonds is 4. The van der Waals surface area contributed by atoms with Crippen LogP contribution in [0, 0.1) is 0 Å². The topological polar surface area (TPSA) is 74.8 Å². The summed E-state index contributed by atoms with van der Waals surface area (Å²) in [6.45, 7) is 0. The fraction of sp³-hybridized carbons (Fsp3) is 0.0500. The van der Waals surface area contributed by atoms with Crippen LogP contribution >= 0.6 is 34.5 Å². The van der Waals surface area contributed by atoms with E-state index in [0.717, 1.165) is 10.4 Å². The Morgan fingerprint density at radius 1 is 1.18 bits per heavy atom. The van der Waals surface area contributed by atoms with Crippen molar-refractivity contribution in [3.05, 3.63) is 91.1 Å². The molecule has 0 fully saturated rings. The number of carbonyl (C=O) groups is 1. The smallest absolute Gasteiger partial charge is 0.262 e. The fourth-order valence-corrected chi connectivity index (χ4v) is 4.02. The number of fused-ring (bicyclic) bond motifs is 1. The minimum absolute atomic E-state index is 0.0355. The van der Waals surface area contributed by atoms with Crippen molar-refractivity contribution in [3.8, 4) is 0 Å². The van der Waals surface area contributed by atoms with Crippen LogP contribution in [-0.2, 0) is 6.42 Å². The number of benzene rings is 2. The SMILES string of the molecule is O=C(Nc1ncc(Cc2cc(Cl)ccc2Cl)s1)c1c[nH]c2ccccc2c1=O. The van der Waals surface area contributed by atoms with E-state index < -0.39 is 5.91 Å². The first-order chi connectivity index (χ1) is 13.5. The average Bonchev–Trinajstić information content (AvgIpc) is 3.12. The molecule has 1 amide bonds. The molecule has 0 radical (unpaired) electrons. The van der Waals surface area contributed by atoms with Crippen LogP contribution in [0.3, 0.4) is 0 Å². The molecule has 0 aliphatic carbocycles. The lowest BCUT2D eigenvalue weighted by molar-refractivity contribution is 0.102. The summed E-state index contributed by atoms with van der Waals surface area (Å²) in [5.74, 6) is -0.506. The van der Waals surface area contributed by atoms with Crippen molar-refractivity contribution in [1.82, 2.24) is 9.97 Å². The highest BCUT2D eigenvalue weighted by atomic mass is 35.5. The van der Waals surface area contributed by atoms with Crippen LogP contribution in [0.5, 0.6) is 0 Å². The van der Waals surface area contributed by atoms with Gasteiger partial charge in [-0.25, -0.2) is 4.98 Å². The van der Waals surface area contributed by atoms with Crippen LogP contribution in [0.1, 0.15) is 20.8 Å². The Morgan fingerprint density at radius 2 is 2.00 bits per heavy atom. The van der Waals surface area contributed by atoms with Gasteiger partial charge in [0.2, 0.25) is 5.43 Å². The zero-order chi connectivity index (χ0) is 19.7. The standard InChI is InChI=1S/C20H13Cl2N3O2S/c21-12-5-6-16(22)11(7-12)8-13-9-24-20(28-13)25-19(27)15-10-23-17-4-2-1-3-14(17)18(15)26/h1-7,9-10H,8H2,(H,23,26)(H,24,25,27). The number of carbonyl (C=O) groups excluding carboxylic acids is 1. The zero-order valence-corrected chi connectivity index (χ0v) is 16.7. The Bertz CT molecular complexity index is 1250. The number of hydrogen-bond acceptors (Lipinski definition) is 4. The summed E-state index contributed by atoms with van der Waals surface area (Å²) in [7, 11) is 0. The number of thiazole rings is 1. The molecule has 0 bridgehead atoms. The lowest BCUT2D eigenvalue weighted by Crippen LogP contribution is -2.21. The third kappa shape index (κ3) is 3.80. The van der Waals surface area contributed by atoms with Gasteiger partial charge in [-0.2, -0.15) is 0 Å². The molecular formula is C20H13Cl2N3O2S. The second-order valence-electron chi connectivity index (χ2n) is 6.08. The highest BCUT2D eigenvalue weighted by molar-refractivity contribution is 7.15. The van der Waals surface area contributed by atoms with Gasteiger partial charge in [-0.3, -0.25) is 14.9 Å². The Balaban J connectivity index is 1.54. The van der Waals surface area contributed by atoms with Crippen molar-refractivity contribution in [2.75, 3.05) is 5.32 Å². The molecule has 0 aliphatic rings. The van der Waals surface area contributed by atoms with E-state index in [0.29, 0.717) is 32.5 Å². The molecule has 4 aromatic rings. The maximum Gasteiger partial charge on any atom is 0.262 e. The second-order valence-corrected chi connectivity index (χ2v) is 8.03. The molecule has 2 heterocycles. The molecule has 0 saturated carbocycles. The van der Waals surface area contributed by atoms with Gasteiger partial charge >= 0.3 is 0 Å². The van der Waals surface area contributed by atoms with Crippen molar-refractivity contribution in [1.29, 1.82) is 0 Å². The number of aromatic nitrogens is 2. The minimum atomic E-state index is -0.506. The maximum absolute atomic E-state index is 12.6. The third-order valence-corrected chi connectivity index (χ3v) is 5.70. The number of amides is 1. The predicted octanol–water partition coefficient (Wildman–Crippen LogP) is 5.13. The van der Waals surface area contributed by atoms with Gasteiger partial charge in [0.05, 0.1) is 0 Å². The van der Waals surface area contributed by atoms with E-state index in [-0.39, 0.29) is 11.0 Å². The van der Waals surface area contributed by atoms with Gasteiger partial charge < -0.3 is 4.98 Å². The normalized spacial score (nSPS) is 10.9. The molecular weight excluding hydrogens is 417 g/mol. The molecule has 140 valence electrons. The van der Waals surface area contributed by atoms with Crippen molar-refractivity contribution in [3.63, 3.8) is 0 Å². The summed E-state index contributed by atoms with van der Waals surface area (Å²) in [5.41, 5.74) is 1.27. The predicted molar refractivity (Wildman–Crippen MR) is 114 cm³/mol. The van der Waals surface area contributed by atoms with Gasteiger partial charge in [-0.05, 0) is 35.9 Å². The highest BCUT2D eigenvalue weighted by Crippen LogP contribution is 2.27. The number of H-pyrrole nitrogens is 1. The van der Waals surface area contributed by atoms with E-state index >= 15 is 0 Å². The fourth-order valence-electron chi connectivity index (χ4n) is 2.81. The number of anilines is 1. The van der Waals surface area contributed by atoms with E-state index in [1.165, 1.54) is 17.5 Å². The molecule has 28 heavy (non-hydrogen) atoms. The van der Waals surface area contributed by atoms with Crippen molar-refractivity contribution in [2.24, 2.45) is 0 Å². The molecule has 0 atom stereocenters. The first kappa shape index (κ1) is 18.7. The molecule has 0 aliphatic heterocycles. The van der Waals surface area contributed by atoms with Crippen molar-refractivity contribution < 1.29 is 4.79 Å². The number of nitrogens with one attached hydrogen (secondary N) is 2. The Labute approximate surface area is 174 Å². The summed E-state index contributed by atoms with van der Waals surface area (Å²) in [6.07, 6.45) is 3.63. The van der Waals surface area contributed by atoms with Crippen LogP contribution in [0.25, 0.3) is 10.9 Å². The molecule has 2 N–H and O–H groups in total. The zero-order valence-electron chi connectivity index (χ0n) is 14.3. The molecule has 0 spiro atoms. The van der Waals surface area contributed by atoms with E-state index in [4.69, 9.17) is 23.2 Å². The van der Waals surface area contributed by atoms with Gasteiger partial charge in [0.15, 0.2) is 5.13 Å². The third-order valence-electron chi connectivity index (χ3n) is 4.18. The summed E-state index contributed by atoms with van der Waals surface area (Å²) >= 11 is 13.5. The summed E-state index contributed by atoms with van der Waals surface area (Å²) < 4.78 is 0. The first-order valence-electron chi connectivity index (χ1n) is 8.31. The second kappa shape index (κ2) is 7.75. The van der Waals surface area contributed by atoms with E-state index in [9.17, 15) is 9.59 Å². The molecule has 4 rings (SSSR count). The number of pyridine rings is 1. The van der Waals surface area contributed by atoms with Crippen LogP contribution in [0.15, 0.2) is 59.7 Å². The number of aromatic amines is 1. The van der Waals surface area contributed by atoms with Gasteiger partial charge in [0.25, 0.3) is 5.91 Å². The molecule has 2 aromatic heterocycles. The van der Waals surface area contributed by atoms with E-state index in [1.807, 2.05) is 6.07 Å². The van der Waals surface area contributed by atoms with Gasteiger partial charge in [0, 0.05) is 44.6 Å². The number of nitrogens with zero attached hydrogens (tertiary/aromatic N) is 1. The maximum atomic E-state index is 12.6. The molecule has 8 heteroatoms. The largest absolute Gasteiger partial charge is 0.360 e. The summed E-state index contributed by atoms with van der Waals surface area (Å²) in [5, 5.41) is 4.78. The minimum Gasteiger partial charge on any atom is -0.360 e. The van der Waals surface area contributed by atoms with Gasteiger partial charge in [-0.15, -0.1) is 11.3 Å². The van der Waals surface area contributed by atoms with Crippen LogP contribution < -0.4 is 10.7 Å². The Hall–Kier alpha value is -2.67.